The molecule has 0 radical (unpaired) electrons. The van der Waals surface area contributed by atoms with Crippen molar-refractivity contribution in [2.45, 2.75) is 26.1 Å². The van der Waals surface area contributed by atoms with Crippen molar-refractivity contribution in [2.75, 3.05) is 0 Å². The van der Waals surface area contributed by atoms with Crippen molar-refractivity contribution >= 4 is 23.2 Å². The molecule has 0 unspecified atom stereocenters. The molecule has 15 heavy (non-hydrogen) atoms. The van der Waals surface area contributed by atoms with Crippen molar-refractivity contribution in [3.8, 4) is 0 Å². The van der Waals surface area contributed by atoms with Crippen LogP contribution in [0, 0.1) is 5.92 Å². The zero-order valence-electron chi connectivity index (χ0n) is 8.48. The molecule has 0 aliphatic heterocycles. The third kappa shape index (κ3) is 3.05. The van der Waals surface area contributed by atoms with E-state index in [1.54, 1.807) is 19.9 Å². The summed E-state index contributed by atoms with van der Waals surface area (Å²) >= 11 is 11.5. The van der Waals surface area contributed by atoms with Crippen molar-refractivity contribution < 1.29 is 10.2 Å². The molecule has 1 aromatic rings. The van der Waals surface area contributed by atoms with Crippen LogP contribution in [0.1, 0.15) is 25.6 Å². The molecule has 84 valence electrons. The van der Waals surface area contributed by atoms with Gasteiger partial charge in [-0.3, -0.25) is 0 Å². The Balaban J connectivity index is 2.99. The Kier molecular flexibility index (Phi) is 4.34. The smallest absolute Gasteiger partial charge is 0.129 e. The van der Waals surface area contributed by atoms with Crippen LogP contribution in [0.2, 0.25) is 10.2 Å². The molecule has 0 bridgehead atoms. The predicted octanol–water partition coefficient (Wildman–Crippen LogP) is 2.44. The van der Waals surface area contributed by atoms with E-state index in [9.17, 15) is 10.2 Å². The zero-order valence-corrected chi connectivity index (χ0v) is 10.00. The van der Waals surface area contributed by atoms with Gasteiger partial charge in [0.25, 0.3) is 0 Å². The number of pyridine rings is 1. The molecule has 0 amide bonds. The fraction of sp³-hybridized carbons (Fsp3) is 0.500. The largest absolute Gasteiger partial charge is 0.390 e. The highest BCUT2D eigenvalue weighted by molar-refractivity contribution is 6.32. The van der Waals surface area contributed by atoms with E-state index in [1.807, 2.05) is 0 Å². The Morgan fingerprint density at radius 1 is 1.20 bits per heavy atom. The summed E-state index contributed by atoms with van der Waals surface area (Å²) in [5.74, 6) is -0.0863. The molecular formula is C10H13Cl2NO2. The van der Waals surface area contributed by atoms with E-state index in [4.69, 9.17) is 23.2 Å². The Bertz CT molecular complexity index is 344. The Morgan fingerprint density at radius 3 is 2.33 bits per heavy atom. The number of hydrogen-bond acceptors (Lipinski definition) is 3. The number of nitrogens with zero attached hydrogens (tertiary/aromatic N) is 1. The molecule has 1 heterocycles. The molecule has 1 rings (SSSR count). The van der Waals surface area contributed by atoms with Gasteiger partial charge in [-0.1, -0.05) is 37.0 Å². The number of rotatable bonds is 3. The number of aromatic nitrogens is 1. The summed E-state index contributed by atoms with van der Waals surface area (Å²) in [6, 6.07) is 3.07. The lowest BCUT2D eigenvalue weighted by molar-refractivity contribution is -0.0116. The van der Waals surface area contributed by atoms with Crippen molar-refractivity contribution in [3.63, 3.8) is 0 Å². The van der Waals surface area contributed by atoms with Gasteiger partial charge in [-0.15, -0.1) is 0 Å². The van der Waals surface area contributed by atoms with Crippen LogP contribution in [0.25, 0.3) is 0 Å². The van der Waals surface area contributed by atoms with E-state index in [1.165, 1.54) is 6.07 Å². The fourth-order valence-electron chi connectivity index (χ4n) is 1.17. The van der Waals surface area contributed by atoms with Crippen LogP contribution in [-0.2, 0) is 0 Å². The van der Waals surface area contributed by atoms with E-state index >= 15 is 0 Å². The van der Waals surface area contributed by atoms with Crippen LogP contribution in [-0.4, -0.2) is 21.3 Å². The standard InChI is InChI=1S/C10H13Cl2NO2/c1-5(2)9(14)10(15)8-6(11)3-4-7(12)13-8/h3-5,9-10,14-15H,1-2H3/t9-,10+/m0/s1. The van der Waals surface area contributed by atoms with Gasteiger partial charge in [0.05, 0.1) is 16.8 Å². The van der Waals surface area contributed by atoms with Crippen LogP contribution < -0.4 is 0 Å². The molecule has 5 heteroatoms. The molecular weight excluding hydrogens is 237 g/mol. The zero-order chi connectivity index (χ0) is 11.6. The van der Waals surface area contributed by atoms with Crippen molar-refractivity contribution in [1.29, 1.82) is 0 Å². The molecule has 1 aromatic heterocycles. The highest BCUT2D eigenvalue weighted by Crippen LogP contribution is 2.27. The lowest BCUT2D eigenvalue weighted by Gasteiger charge is -2.21. The van der Waals surface area contributed by atoms with E-state index in [-0.39, 0.29) is 16.8 Å². The average molecular weight is 250 g/mol. The third-order valence-electron chi connectivity index (χ3n) is 2.13. The van der Waals surface area contributed by atoms with E-state index < -0.39 is 12.2 Å². The van der Waals surface area contributed by atoms with E-state index in [2.05, 4.69) is 4.98 Å². The SMILES string of the molecule is CC(C)[C@H](O)[C@H](O)c1nc(Cl)ccc1Cl. The van der Waals surface area contributed by atoms with Crippen molar-refractivity contribution in [1.82, 2.24) is 4.98 Å². The Labute approximate surface area is 98.7 Å². The molecule has 0 saturated carbocycles. The minimum absolute atomic E-state index is 0.0863. The van der Waals surface area contributed by atoms with E-state index in [0.29, 0.717) is 5.02 Å². The van der Waals surface area contributed by atoms with Crippen molar-refractivity contribution in [2.24, 2.45) is 5.92 Å². The molecule has 0 aliphatic rings. The maximum absolute atomic E-state index is 9.81. The summed E-state index contributed by atoms with van der Waals surface area (Å²) < 4.78 is 0. The summed E-state index contributed by atoms with van der Waals surface area (Å²) in [7, 11) is 0. The van der Waals surface area contributed by atoms with Crippen LogP contribution in [0.5, 0.6) is 0 Å². The second-order valence-corrected chi connectivity index (χ2v) is 4.47. The summed E-state index contributed by atoms with van der Waals surface area (Å²) in [5, 5.41) is 20.0. The second kappa shape index (κ2) is 5.12. The first-order valence-electron chi connectivity index (χ1n) is 4.61. The highest BCUT2D eigenvalue weighted by Gasteiger charge is 2.24. The van der Waals surface area contributed by atoms with Crippen molar-refractivity contribution in [3.05, 3.63) is 28.0 Å². The minimum Gasteiger partial charge on any atom is -0.390 e. The number of hydrogen-bond donors (Lipinski definition) is 2. The molecule has 0 aliphatic carbocycles. The number of aliphatic hydroxyl groups excluding tert-OH is 2. The van der Waals surface area contributed by atoms with Crippen LogP contribution >= 0.6 is 23.2 Å². The number of halogens is 2. The van der Waals surface area contributed by atoms with Gasteiger partial charge in [-0.05, 0) is 18.1 Å². The van der Waals surface area contributed by atoms with E-state index in [0.717, 1.165) is 0 Å². The van der Waals surface area contributed by atoms with Gasteiger partial charge in [-0.25, -0.2) is 4.98 Å². The molecule has 0 spiro atoms. The van der Waals surface area contributed by atoms with Gasteiger partial charge >= 0.3 is 0 Å². The highest BCUT2D eigenvalue weighted by atomic mass is 35.5. The average Bonchev–Trinajstić information content (AvgIpc) is 2.19. The summed E-state index contributed by atoms with van der Waals surface area (Å²) in [6.07, 6.45) is -2.02. The van der Waals surface area contributed by atoms with Gasteiger partial charge in [0.15, 0.2) is 0 Å². The first-order valence-corrected chi connectivity index (χ1v) is 5.37. The maximum Gasteiger partial charge on any atom is 0.129 e. The Morgan fingerprint density at radius 2 is 1.80 bits per heavy atom. The summed E-state index contributed by atoms with van der Waals surface area (Å²) in [6.45, 7) is 3.60. The van der Waals surface area contributed by atoms with Crippen LogP contribution in [0.3, 0.4) is 0 Å². The van der Waals surface area contributed by atoms with Gasteiger partial charge in [0.2, 0.25) is 0 Å². The first-order chi connectivity index (χ1) is 6.93. The lowest BCUT2D eigenvalue weighted by atomic mass is 9.99. The minimum atomic E-state index is -1.11. The van der Waals surface area contributed by atoms with Gasteiger partial charge in [-0.2, -0.15) is 0 Å². The quantitative estimate of drug-likeness (QED) is 0.810. The second-order valence-electron chi connectivity index (χ2n) is 3.68. The van der Waals surface area contributed by atoms with Gasteiger partial charge in [0.1, 0.15) is 11.3 Å². The predicted molar refractivity (Wildman–Crippen MR) is 60.1 cm³/mol. The third-order valence-corrected chi connectivity index (χ3v) is 2.66. The fourth-order valence-corrected chi connectivity index (χ4v) is 1.54. The molecule has 2 N–H and O–H groups in total. The van der Waals surface area contributed by atoms with Crippen LogP contribution in [0.4, 0.5) is 0 Å². The molecule has 3 nitrogen and oxygen atoms in total. The number of aliphatic hydroxyl groups is 2. The van der Waals surface area contributed by atoms with Gasteiger partial charge in [0, 0.05) is 0 Å². The summed E-state index contributed by atoms with van der Waals surface area (Å²) in [5.41, 5.74) is 0.213. The lowest BCUT2D eigenvalue weighted by Crippen LogP contribution is -2.25. The molecule has 2 atom stereocenters. The van der Waals surface area contributed by atoms with Crippen LogP contribution in [0.15, 0.2) is 12.1 Å². The maximum atomic E-state index is 9.81. The summed E-state index contributed by atoms with van der Waals surface area (Å²) in [4.78, 5) is 3.90. The molecule has 0 saturated heterocycles. The normalized spacial score (nSPS) is 15.4. The molecule has 0 aromatic carbocycles. The Hall–Kier alpha value is -0.350. The topological polar surface area (TPSA) is 53.4 Å². The van der Waals surface area contributed by atoms with Gasteiger partial charge < -0.3 is 10.2 Å². The molecule has 0 fully saturated rings. The first kappa shape index (κ1) is 12.7. The monoisotopic (exact) mass is 249 g/mol.